The van der Waals surface area contributed by atoms with E-state index in [1.54, 1.807) is 0 Å². The van der Waals surface area contributed by atoms with Crippen molar-refractivity contribution in [1.29, 1.82) is 0 Å². The molecule has 0 saturated heterocycles. The molecule has 2 N–H and O–H groups in total. The Morgan fingerprint density at radius 2 is 2.00 bits per heavy atom. The Hall–Kier alpha value is -0.640. The Morgan fingerprint density at radius 1 is 1.38 bits per heavy atom. The SMILES string of the molecule is NC1=C(Br)OC=CO1. The number of nitrogens with two attached hydrogens (primary N) is 1. The van der Waals surface area contributed by atoms with Crippen LogP contribution in [-0.2, 0) is 9.47 Å². The van der Waals surface area contributed by atoms with Crippen molar-refractivity contribution in [3.05, 3.63) is 23.1 Å². The average molecular weight is 178 g/mol. The molecule has 0 fully saturated rings. The van der Waals surface area contributed by atoms with E-state index in [1.807, 2.05) is 0 Å². The maximum atomic E-state index is 5.21. The first kappa shape index (κ1) is 5.50. The molecule has 44 valence electrons. The quantitative estimate of drug-likeness (QED) is 0.601. The maximum absolute atomic E-state index is 5.21. The van der Waals surface area contributed by atoms with Crippen LogP contribution in [0.2, 0.25) is 0 Å². The van der Waals surface area contributed by atoms with Gasteiger partial charge in [0.2, 0.25) is 10.6 Å². The van der Waals surface area contributed by atoms with Gasteiger partial charge in [0.15, 0.2) is 0 Å². The Kier molecular flexibility index (Phi) is 1.43. The molecule has 0 bridgehead atoms. The zero-order valence-electron chi connectivity index (χ0n) is 3.93. The van der Waals surface area contributed by atoms with E-state index >= 15 is 0 Å². The summed E-state index contributed by atoms with van der Waals surface area (Å²) in [5.74, 6) is 0.243. The second-order valence-electron chi connectivity index (χ2n) is 1.15. The third kappa shape index (κ3) is 0.949. The van der Waals surface area contributed by atoms with E-state index in [4.69, 9.17) is 15.2 Å². The van der Waals surface area contributed by atoms with Gasteiger partial charge in [-0.3, -0.25) is 0 Å². The molecule has 1 aliphatic rings. The highest BCUT2D eigenvalue weighted by Crippen LogP contribution is 2.14. The molecule has 0 spiro atoms. The molecule has 0 atom stereocenters. The van der Waals surface area contributed by atoms with Crippen LogP contribution in [0, 0.1) is 0 Å². The molecule has 0 amide bonds. The number of halogens is 1. The predicted molar refractivity (Wildman–Crippen MR) is 31.5 cm³/mol. The lowest BCUT2D eigenvalue weighted by Gasteiger charge is -2.06. The Balaban J connectivity index is 2.67. The van der Waals surface area contributed by atoms with Crippen LogP contribution in [0.3, 0.4) is 0 Å². The van der Waals surface area contributed by atoms with Crippen molar-refractivity contribution in [2.24, 2.45) is 5.73 Å². The molecule has 3 nitrogen and oxygen atoms in total. The molecule has 0 radical (unpaired) electrons. The number of hydrogen-bond acceptors (Lipinski definition) is 3. The molecule has 0 aliphatic carbocycles. The first-order chi connectivity index (χ1) is 3.80. The molecule has 0 aromatic heterocycles. The molecule has 4 heteroatoms. The van der Waals surface area contributed by atoms with Crippen LogP contribution >= 0.6 is 15.9 Å². The van der Waals surface area contributed by atoms with E-state index in [0.29, 0.717) is 4.67 Å². The molecule has 0 aromatic rings. The summed E-state index contributed by atoms with van der Waals surface area (Å²) in [6.07, 6.45) is 2.75. The zero-order valence-corrected chi connectivity index (χ0v) is 5.51. The summed E-state index contributed by atoms with van der Waals surface area (Å²) >= 11 is 3.01. The maximum Gasteiger partial charge on any atom is 0.241 e. The molecular weight excluding hydrogens is 174 g/mol. The molecule has 0 unspecified atom stereocenters. The summed E-state index contributed by atoms with van der Waals surface area (Å²) in [6.45, 7) is 0. The van der Waals surface area contributed by atoms with Gasteiger partial charge in [0.05, 0.1) is 0 Å². The number of rotatable bonds is 0. The van der Waals surface area contributed by atoms with Crippen molar-refractivity contribution in [1.82, 2.24) is 0 Å². The second-order valence-corrected chi connectivity index (χ2v) is 1.87. The van der Waals surface area contributed by atoms with Gasteiger partial charge in [0.1, 0.15) is 12.5 Å². The number of hydrogen-bond donors (Lipinski definition) is 1. The highest BCUT2D eigenvalue weighted by atomic mass is 79.9. The van der Waals surface area contributed by atoms with Gasteiger partial charge in [-0.05, 0) is 15.9 Å². The van der Waals surface area contributed by atoms with Gasteiger partial charge in [0, 0.05) is 0 Å². The Labute approximate surface area is 54.9 Å². The lowest BCUT2D eigenvalue weighted by atomic mass is 10.8. The van der Waals surface area contributed by atoms with Crippen LogP contribution in [0.1, 0.15) is 0 Å². The van der Waals surface area contributed by atoms with E-state index < -0.39 is 0 Å². The van der Waals surface area contributed by atoms with Crippen molar-refractivity contribution in [3.8, 4) is 0 Å². The summed E-state index contributed by atoms with van der Waals surface area (Å²) in [6, 6.07) is 0. The molecule has 0 aromatic carbocycles. The summed E-state index contributed by atoms with van der Waals surface area (Å²) in [4.78, 5) is 0. The van der Waals surface area contributed by atoms with Gasteiger partial charge in [-0.2, -0.15) is 0 Å². The van der Waals surface area contributed by atoms with Crippen molar-refractivity contribution in [2.75, 3.05) is 0 Å². The first-order valence-corrected chi connectivity index (χ1v) is 2.73. The fourth-order valence-corrected chi connectivity index (χ4v) is 0.494. The van der Waals surface area contributed by atoms with Crippen molar-refractivity contribution in [2.45, 2.75) is 0 Å². The fraction of sp³-hybridized carbons (Fsp3) is 0. The molecular formula is C4H4BrNO2. The summed E-state index contributed by atoms with van der Waals surface area (Å²) < 4.78 is 9.87. The first-order valence-electron chi connectivity index (χ1n) is 1.94. The monoisotopic (exact) mass is 177 g/mol. The fourth-order valence-electron chi connectivity index (χ4n) is 0.293. The van der Waals surface area contributed by atoms with E-state index in [1.165, 1.54) is 12.5 Å². The molecule has 1 aliphatic heterocycles. The lowest BCUT2D eigenvalue weighted by Crippen LogP contribution is -2.04. The van der Waals surface area contributed by atoms with Crippen LogP contribution in [0.5, 0.6) is 0 Å². The van der Waals surface area contributed by atoms with Crippen molar-refractivity contribution >= 4 is 15.9 Å². The Morgan fingerprint density at radius 3 is 2.38 bits per heavy atom. The normalized spacial score (nSPS) is 17.6. The third-order valence-electron chi connectivity index (χ3n) is 0.616. The highest BCUT2D eigenvalue weighted by molar-refractivity contribution is 9.11. The van der Waals surface area contributed by atoms with Gasteiger partial charge in [-0.1, -0.05) is 0 Å². The minimum Gasteiger partial charge on any atom is -0.449 e. The van der Waals surface area contributed by atoms with Crippen molar-refractivity contribution in [3.63, 3.8) is 0 Å². The van der Waals surface area contributed by atoms with Gasteiger partial charge >= 0.3 is 0 Å². The molecule has 1 rings (SSSR count). The molecule has 8 heavy (non-hydrogen) atoms. The van der Waals surface area contributed by atoms with Crippen LogP contribution in [0.15, 0.2) is 23.1 Å². The minimum atomic E-state index is 0.243. The van der Waals surface area contributed by atoms with Gasteiger partial charge in [-0.25, -0.2) is 0 Å². The van der Waals surface area contributed by atoms with E-state index in [-0.39, 0.29) is 5.88 Å². The van der Waals surface area contributed by atoms with Crippen LogP contribution in [0.25, 0.3) is 0 Å². The Bertz CT molecular complexity index is 136. The molecule has 0 saturated carbocycles. The van der Waals surface area contributed by atoms with E-state index in [9.17, 15) is 0 Å². The van der Waals surface area contributed by atoms with Crippen molar-refractivity contribution < 1.29 is 9.47 Å². The predicted octanol–water partition coefficient (Wildman–Crippen LogP) is 0.985. The topological polar surface area (TPSA) is 44.5 Å². The van der Waals surface area contributed by atoms with Gasteiger partial charge in [0.25, 0.3) is 0 Å². The minimum absolute atomic E-state index is 0.243. The average Bonchev–Trinajstić information content (AvgIpc) is 1.77. The second kappa shape index (κ2) is 2.09. The van der Waals surface area contributed by atoms with E-state index in [0.717, 1.165) is 0 Å². The lowest BCUT2D eigenvalue weighted by molar-refractivity contribution is 0.247. The van der Waals surface area contributed by atoms with Crippen LogP contribution in [-0.4, -0.2) is 0 Å². The smallest absolute Gasteiger partial charge is 0.241 e. The zero-order chi connectivity index (χ0) is 5.98. The van der Waals surface area contributed by atoms with Gasteiger partial charge < -0.3 is 15.2 Å². The summed E-state index contributed by atoms with van der Waals surface area (Å²) in [5.41, 5.74) is 5.21. The van der Waals surface area contributed by atoms with Crippen LogP contribution < -0.4 is 5.73 Å². The third-order valence-corrected chi connectivity index (χ3v) is 1.19. The summed E-state index contributed by atoms with van der Waals surface area (Å²) in [7, 11) is 0. The van der Waals surface area contributed by atoms with Crippen LogP contribution in [0.4, 0.5) is 0 Å². The largest absolute Gasteiger partial charge is 0.449 e. The molecule has 1 heterocycles. The summed E-state index contributed by atoms with van der Waals surface area (Å²) in [5, 5.41) is 0. The number of ether oxygens (including phenoxy) is 2. The standard InChI is InChI=1S/C4H4BrNO2/c5-3-4(6)8-2-1-7-3/h1-2H,6H2. The van der Waals surface area contributed by atoms with E-state index in [2.05, 4.69) is 15.9 Å². The highest BCUT2D eigenvalue weighted by Gasteiger charge is 2.02. The van der Waals surface area contributed by atoms with Gasteiger partial charge in [-0.15, -0.1) is 0 Å².